The zero-order chi connectivity index (χ0) is 17.5. The van der Waals surface area contributed by atoms with Crippen molar-refractivity contribution in [2.24, 2.45) is 0 Å². The van der Waals surface area contributed by atoms with Crippen molar-refractivity contribution in [3.8, 4) is 0 Å². The summed E-state index contributed by atoms with van der Waals surface area (Å²) >= 11 is 1.72. The zero-order valence-corrected chi connectivity index (χ0v) is 16.5. The molecule has 1 nitrogen and oxygen atoms in total. The Morgan fingerprint density at radius 1 is 1.00 bits per heavy atom. The van der Waals surface area contributed by atoms with E-state index in [1.165, 1.54) is 62.5 Å². The van der Waals surface area contributed by atoms with Crippen LogP contribution in [0, 0.1) is 0 Å². The number of thioether (sulfide) groups is 1. The summed E-state index contributed by atoms with van der Waals surface area (Å²) in [4.78, 5) is 0. The first kappa shape index (κ1) is 21.3. The predicted molar refractivity (Wildman–Crippen MR) is 110 cm³/mol. The van der Waals surface area contributed by atoms with Crippen molar-refractivity contribution in [3.05, 3.63) is 46.9 Å². The Bertz CT molecular complexity index is 427. The lowest BCUT2D eigenvalue weighted by atomic mass is 9.98. The van der Waals surface area contributed by atoms with Crippen LogP contribution in [-0.2, 0) is 6.42 Å². The number of aliphatic hydroxyl groups is 1. The molecular formula is C22H36OS. The Morgan fingerprint density at radius 3 is 2.25 bits per heavy atom. The summed E-state index contributed by atoms with van der Waals surface area (Å²) in [5.74, 6) is 0. The first-order chi connectivity index (χ1) is 11.8. The second-order valence-corrected chi connectivity index (χ2v) is 7.40. The molecule has 0 aliphatic heterocycles. The molecule has 1 unspecified atom stereocenters. The van der Waals surface area contributed by atoms with Gasteiger partial charge >= 0.3 is 0 Å². The molecule has 1 N–H and O–H groups in total. The van der Waals surface area contributed by atoms with E-state index in [1.807, 2.05) is 6.07 Å². The van der Waals surface area contributed by atoms with Crippen molar-refractivity contribution >= 4 is 11.8 Å². The maximum absolute atomic E-state index is 10.5. The number of aryl methyl sites for hydroxylation is 1. The molecule has 0 aromatic heterocycles. The minimum atomic E-state index is -0.290. The van der Waals surface area contributed by atoms with Gasteiger partial charge in [-0.2, -0.15) is 0 Å². The van der Waals surface area contributed by atoms with Crippen LogP contribution in [0.25, 0.3) is 0 Å². The second-order valence-electron chi connectivity index (χ2n) is 6.69. The van der Waals surface area contributed by atoms with Gasteiger partial charge in [-0.1, -0.05) is 82.2 Å². The third-order valence-corrected chi connectivity index (χ3v) is 5.10. The highest BCUT2D eigenvalue weighted by Gasteiger charge is 2.10. The van der Waals surface area contributed by atoms with Gasteiger partial charge in [-0.15, -0.1) is 11.8 Å². The highest BCUT2D eigenvalue weighted by molar-refractivity contribution is 8.01. The fourth-order valence-corrected chi connectivity index (χ4v) is 3.63. The molecule has 0 bridgehead atoms. The Hall–Kier alpha value is -0.730. The minimum Gasteiger partial charge on any atom is -0.389 e. The highest BCUT2D eigenvalue weighted by atomic mass is 32.2. The van der Waals surface area contributed by atoms with Crippen molar-refractivity contribution in [3.63, 3.8) is 0 Å². The zero-order valence-electron chi connectivity index (χ0n) is 15.7. The fourth-order valence-electron chi connectivity index (χ4n) is 3.05. The molecule has 0 fully saturated rings. The van der Waals surface area contributed by atoms with Gasteiger partial charge in [0, 0.05) is 0 Å². The first-order valence-electron chi connectivity index (χ1n) is 9.71. The summed E-state index contributed by atoms with van der Waals surface area (Å²) in [7, 11) is 0. The number of aliphatic hydroxyl groups excluding tert-OH is 1. The third kappa shape index (κ3) is 10.2. The predicted octanol–water partition coefficient (Wildman–Crippen LogP) is 6.76. The molecule has 24 heavy (non-hydrogen) atoms. The van der Waals surface area contributed by atoms with E-state index in [0.717, 1.165) is 19.3 Å². The van der Waals surface area contributed by atoms with E-state index in [1.54, 1.807) is 11.8 Å². The van der Waals surface area contributed by atoms with E-state index in [0.29, 0.717) is 0 Å². The van der Waals surface area contributed by atoms with E-state index in [-0.39, 0.29) is 6.10 Å². The SMILES string of the molecule is CCCCCCCCCC/C(=C\SC)C(O)CCc1ccccc1. The Balaban J connectivity index is 2.21. The van der Waals surface area contributed by atoms with Gasteiger partial charge in [-0.3, -0.25) is 0 Å². The number of rotatable bonds is 14. The summed E-state index contributed by atoms with van der Waals surface area (Å²) in [6, 6.07) is 10.5. The molecule has 0 amide bonds. The Kier molecular flexibility index (Phi) is 13.0. The smallest absolute Gasteiger partial charge is 0.0761 e. The van der Waals surface area contributed by atoms with Crippen LogP contribution in [0.3, 0.4) is 0 Å². The van der Waals surface area contributed by atoms with E-state index < -0.39 is 0 Å². The van der Waals surface area contributed by atoms with Gasteiger partial charge in [0.25, 0.3) is 0 Å². The number of hydrogen-bond donors (Lipinski definition) is 1. The largest absolute Gasteiger partial charge is 0.389 e. The molecule has 0 saturated heterocycles. The van der Waals surface area contributed by atoms with E-state index in [4.69, 9.17) is 0 Å². The Morgan fingerprint density at radius 2 is 1.62 bits per heavy atom. The molecule has 0 heterocycles. The lowest BCUT2D eigenvalue weighted by Crippen LogP contribution is -2.11. The van der Waals surface area contributed by atoms with E-state index >= 15 is 0 Å². The van der Waals surface area contributed by atoms with Crippen LogP contribution in [0.15, 0.2) is 41.3 Å². The molecule has 1 aromatic carbocycles. The van der Waals surface area contributed by atoms with Crippen molar-refractivity contribution < 1.29 is 5.11 Å². The van der Waals surface area contributed by atoms with Crippen LogP contribution in [0.5, 0.6) is 0 Å². The van der Waals surface area contributed by atoms with Crippen molar-refractivity contribution in [1.82, 2.24) is 0 Å². The van der Waals surface area contributed by atoms with Gasteiger partial charge in [0.05, 0.1) is 6.10 Å². The quantitative estimate of drug-likeness (QED) is 0.375. The van der Waals surface area contributed by atoms with Crippen LogP contribution in [0.4, 0.5) is 0 Å². The van der Waals surface area contributed by atoms with Crippen LogP contribution >= 0.6 is 11.8 Å². The fraction of sp³-hybridized carbons (Fsp3) is 0.636. The lowest BCUT2D eigenvalue weighted by Gasteiger charge is -2.15. The molecule has 1 atom stereocenters. The maximum atomic E-state index is 10.5. The van der Waals surface area contributed by atoms with Gasteiger partial charge in [0.15, 0.2) is 0 Å². The molecule has 136 valence electrons. The van der Waals surface area contributed by atoms with Gasteiger partial charge in [-0.25, -0.2) is 0 Å². The summed E-state index contributed by atoms with van der Waals surface area (Å²) < 4.78 is 0. The minimum absolute atomic E-state index is 0.290. The molecule has 0 saturated carbocycles. The molecular weight excluding hydrogens is 312 g/mol. The topological polar surface area (TPSA) is 20.2 Å². The summed E-state index contributed by atoms with van der Waals surface area (Å²) in [5.41, 5.74) is 2.54. The summed E-state index contributed by atoms with van der Waals surface area (Å²) in [6.45, 7) is 2.27. The van der Waals surface area contributed by atoms with Crippen LogP contribution < -0.4 is 0 Å². The van der Waals surface area contributed by atoms with E-state index in [2.05, 4.69) is 42.9 Å². The van der Waals surface area contributed by atoms with Crippen molar-refractivity contribution in [2.75, 3.05) is 6.26 Å². The molecule has 0 spiro atoms. The summed E-state index contributed by atoms with van der Waals surface area (Å²) in [5, 5.41) is 12.7. The highest BCUT2D eigenvalue weighted by Crippen LogP contribution is 2.21. The Labute approximate surface area is 153 Å². The normalized spacial score (nSPS) is 13.2. The van der Waals surface area contributed by atoms with Gasteiger partial charge < -0.3 is 5.11 Å². The number of hydrogen-bond acceptors (Lipinski definition) is 2. The maximum Gasteiger partial charge on any atom is 0.0761 e. The third-order valence-electron chi connectivity index (χ3n) is 4.57. The molecule has 0 radical (unpaired) electrons. The van der Waals surface area contributed by atoms with E-state index in [9.17, 15) is 5.11 Å². The number of unbranched alkanes of at least 4 members (excludes halogenated alkanes) is 7. The van der Waals surface area contributed by atoms with Crippen molar-refractivity contribution in [1.29, 1.82) is 0 Å². The molecule has 1 aromatic rings. The molecule has 1 rings (SSSR count). The van der Waals surface area contributed by atoms with Crippen LogP contribution in [0.1, 0.15) is 76.7 Å². The molecule has 0 aliphatic rings. The monoisotopic (exact) mass is 348 g/mol. The van der Waals surface area contributed by atoms with Crippen LogP contribution in [-0.4, -0.2) is 17.5 Å². The average molecular weight is 349 g/mol. The van der Waals surface area contributed by atoms with Crippen LogP contribution in [0.2, 0.25) is 0 Å². The van der Waals surface area contributed by atoms with Gasteiger partial charge in [-0.05, 0) is 48.5 Å². The first-order valence-corrected chi connectivity index (χ1v) is 11.0. The average Bonchev–Trinajstić information content (AvgIpc) is 2.62. The molecule has 2 heteroatoms. The second kappa shape index (κ2) is 14.6. The standard InChI is InChI=1S/C22H36OS/c1-3-4-5-6-7-8-9-13-16-21(19-24-2)22(23)18-17-20-14-11-10-12-15-20/h10-12,14-15,19,22-23H,3-9,13,16-18H2,1-2H3/b21-19+. The van der Waals surface area contributed by atoms with Crippen molar-refractivity contribution in [2.45, 2.75) is 83.7 Å². The van der Waals surface area contributed by atoms with Gasteiger partial charge in [0.1, 0.15) is 0 Å². The summed E-state index contributed by atoms with van der Waals surface area (Å²) in [6.07, 6.45) is 15.3. The molecule has 0 aliphatic carbocycles. The lowest BCUT2D eigenvalue weighted by molar-refractivity contribution is 0.196. The van der Waals surface area contributed by atoms with Gasteiger partial charge in [0.2, 0.25) is 0 Å². The number of benzene rings is 1.